The van der Waals surface area contributed by atoms with Gasteiger partial charge in [0.15, 0.2) is 0 Å². The third kappa shape index (κ3) is 9.77. The molecule has 3 rings (SSSR count). The third-order valence-electron chi connectivity index (χ3n) is 5.54. The maximum absolute atomic E-state index is 13.2. The number of carbonyl (C=O) groups is 3. The molecule has 1 atom stereocenters. The number of phenolic OH excluding ortho intramolecular Hbond substituents is 1. The van der Waals surface area contributed by atoms with Crippen molar-refractivity contribution in [2.45, 2.75) is 32.2 Å². The molecule has 4 N–H and O–H groups in total. The molecule has 2 amide bonds. The first-order chi connectivity index (χ1) is 17.7. The van der Waals surface area contributed by atoms with Crippen LogP contribution in [-0.2, 0) is 14.4 Å². The van der Waals surface area contributed by atoms with Gasteiger partial charge in [0, 0.05) is 43.2 Å². The van der Waals surface area contributed by atoms with Gasteiger partial charge in [-0.15, -0.1) is 0 Å². The van der Waals surface area contributed by atoms with Crippen LogP contribution in [0.4, 0.5) is 10.2 Å². The Morgan fingerprint density at radius 3 is 2.45 bits per heavy atom. The van der Waals surface area contributed by atoms with E-state index >= 15 is 0 Å². The molecule has 1 heterocycles. The van der Waals surface area contributed by atoms with E-state index in [9.17, 15) is 29.0 Å². The number of benzene rings is 2. The number of carbonyl (C=O) groups excluding carboxylic acids is 3. The van der Waals surface area contributed by atoms with Crippen molar-refractivity contribution < 1.29 is 58.5 Å². The van der Waals surface area contributed by atoms with Gasteiger partial charge >= 0.3 is 29.6 Å². The molecular formula is C27H28FN4NaO5. The number of hydrogen-bond donors (Lipinski definition) is 4. The van der Waals surface area contributed by atoms with Crippen LogP contribution in [0.15, 0.2) is 60.8 Å². The fourth-order valence-electron chi connectivity index (χ4n) is 3.67. The van der Waals surface area contributed by atoms with Crippen LogP contribution < -0.4 is 50.6 Å². The van der Waals surface area contributed by atoms with Crippen LogP contribution in [-0.4, -0.2) is 41.0 Å². The number of pyridine rings is 1. The Hall–Kier alpha value is -3.47. The van der Waals surface area contributed by atoms with Gasteiger partial charge < -0.3 is 31.0 Å². The average molecular weight is 531 g/mol. The molecule has 38 heavy (non-hydrogen) atoms. The number of amides is 2. The topological polar surface area (TPSA) is 143 Å². The molecule has 0 saturated carbocycles. The molecular weight excluding hydrogens is 502 g/mol. The van der Waals surface area contributed by atoms with E-state index in [-0.39, 0.29) is 54.2 Å². The van der Waals surface area contributed by atoms with Gasteiger partial charge in [0.05, 0.1) is 12.6 Å². The minimum atomic E-state index is -1.36. The van der Waals surface area contributed by atoms with Crippen LogP contribution in [0.3, 0.4) is 0 Å². The molecule has 9 nitrogen and oxygen atoms in total. The molecule has 0 aliphatic carbocycles. The number of nitrogens with zero attached hydrogens (tertiary/aromatic N) is 1. The summed E-state index contributed by atoms with van der Waals surface area (Å²) in [5.41, 5.74) is 2.55. The summed E-state index contributed by atoms with van der Waals surface area (Å²) in [5, 5.41) is 29.5. The molecule has 3 aromatic rings. The summed E-state index contributed by atoms with van der Waals surface area (Å²) < 4.78 is 13.2. The zero-order valence-corrected chi connectivity index (χ0v) is 23.3. The number of aromatic hydroxyl groups is 1. The summed E-state index contributed by atoms with van der Waals surface area (Å²) in [7, 11) is 0. The van der Waals surface area contributed by atoms with E-state index in [0.29, 0.717) is 29.7 Å². The Morgan fingerprint density at radius 2 is 1.79 bits per heavy atom. The zero-order valence-electron chi connectivity index (χ0n) is 21.3. The molecule has 1 aromatic heterocycles. The smallest absolute Gasteiger partial charge is 0.550 e. The van der Waals surface area contributed by atoms with Gasteiger partial charge in [0.2, 0.25) is 11.8 Å². The number of phenols is 1. The van der Waals surface area contributed by atoms with Gasteiger partial charge in [0.1, 0.15) is 17.4 Å². The van der Waals surface area contributed by atoms with E-state index in [0.717, 1.165) is 17.4 Å². The Bertz CT molecular complexity index is 1260. The fraction of sp³-hybridized carbons (Fsp3) is 0.259. The van der Waals surface area contributed by atoms with Crippen LogP contribution in [0.25, 0.3) is 11.1 Å². The number of anilines is 1. The Balaban J connectivity index is 0.00000507. The Labute approximate surface area is 242 Å². The van der Waals surface area contributed by atoms with Crippen molar-refractivity contribution >= 4 is 23.6 Å². The van der Waals surface area contributed by atoms with Crippen molar-refractivity contribution in [1.82, 2.24) is 15.6 Å². The number of nitrogens with one attached hydrogen (secondary N) is 3. The van der Waals surface area contributed by atoms with Crippen molar-refractivity contribution in [3.05, 3.63) is 77.7 Å². The van der Waals surface area contributed by atoms with Gasteiger partial charge in [0.25, 0.3) is 0 Å². The molecule has 11 heteroatoms. The quantitative estimate of drug-likeness (QED) is 0.178. The molecule has 1 unspecified atom stereocenters. The van der Waals surface area contributed by atoms with E-state index < -0.39 is 30.2 Å². The Kier molecular flexibility index (Phi) is 12.2. The van der Waals surface area contributed by atoms with Crippen molar-refractivity contribution in [2.24, 2.45) is 0 Å². The molecule has 0 saturated heterocycles. The molecule has 2 aromatic carbocycles. The number of rotatable bonds is 12. The van der Waals surface area contributed by atoms with Gasteiger partial charge in [-0.2, -0.15) is 0 Å². The summed E-state index contributed by atoms with van der Waals surface area (Å²) in [5.74, 6) is -2.30. The largest absolute Gasteiger partial charge is 1.00 e. The third-order valence-corrected chi connectivity index (χ3v) is 5.54. The van der Waals surface area contributed by atoms with Crippen LogP contribution in [0.1, 0.15) is 36.4 Å². The van der Waals surface area contributed by atoms with Crippen molar-refractivity contribution in [3.8, 4) is 16.9 Å². The maximum Gasteiger partial charge on any atom is 1.00 e. The standard InChI is InChI=1S/C27H29FN4O5.Na/c1-17-10-12-30-24(13-17)29-11-2-3-25(34)31-16-26(35)32-22(15-27(36)37)19-6-4-18(5-7-19)21-9-8-20(28)14-23(21)33;/h4-10,12-14,22,33H,2-3,11,15-16H2,1H3,(H,29,30)(H,31,34)(H,32,35)(H,36,37);/q;+1/p-1. The zero-order chi connectivity index (χ0) is 26.8. The summed E-state index contributed by atoms with van der Waals surface area (Å²) in [6.45, 7) is 2.18. The van der Waals surface area contributed by atoms with Gasteiger partial charge in [-0.05, 0) is 54.3 Å². The summed E-state index contributed by atoms with van der Waals surface area (Å²) >= 11 is 0. The van der Waals surface area contributed by atoms with E-state index in [1.54, 1.807) is 30.5 Å². The van der Waals surface area contributed by atoms with Crippen LogP contribution in [0, 0.1) is 12.7 Å². The van der Waals surface area contributed by atoms with E-state index in [2.05, 4.69) is 20.9 Å². The van der Waals surface area contributed by atoms with Crippen molar-refractivity contribution in [2.75, 3.05) is 18.4 Å². The Morgan fingerprint density at radius 1 is 1.05 bits per heavy atom. The van der Waals surface area contributed by atoms with Gasteiger partial charge in [-0.1, -0.05) is 24.3 Å². The molecule has 0 bridgehead atoms. The summed E-state index contributed by atoms with van der Waals surface area (Å²) in [6.07, 6.45) is 1.96. The van der Waals surface area contributed by atoms with E-state index in [1.807, 2.05) is 19.1 Å². The first kappa shape index (κ1) is 30.8. The first-order valence-electron chi connectivity index (χ1n) is 11.7. The number of halogens is 1. The second-order valence-corrected chi connectivity index (χ2v) is 8.51. The average Bonchev–Trinajstić information content (AvgIpc) is 2.85. The molecule has 0 spiro atoms. The molecule has 0 aliphatic rings. The van der Waals surface area contributed by atoms with Gasteiger partial charge in [-0.25, -0.2) is 9.37 Å². The second-order valence-electron chi connectivity index (χ2n) is 8.51. The number of carboxylic acids is 1. The maximum atomic E-state index is 13.2. The number of aryl methyl sites for hydroxylation is 1. The monoisotopic (exact) mass is 530 g/mol. The van der Waals surface area contributed by atoms with E-state index in [4.69, 9.17) is 0 Å². The predicted octanol–water partition coefficient (Wildman–Crippen LogP) is -0.788. The number of hydrogen-bond acceptors (Lipinski definition) is 7. The van der Waals surface area contributed by atoms with Crippen molar-refractivity contribution in [1.29, 1.82) is 0 Å². The first-order valence-corrected chi connectivity index (χ1v) is 11.7. The molecule has 0 radical (unpaired) electrons. The van der Waals surface area contributed by atoms with Gasteiger partial charge in [-0.3, -0.25) is 9.59 Å². The normalized spacial score (nSPS) is 11.1. The number of carboxylic acid groups (broad SMARTS) is 1. The second kappa shape index (κ2) is 15.1. The summed E-state index contributed by atoms with van der Waals surface area (Å²) in [4.78, 5) is 39.9. The van der Waals surface area contributed by atoms with Crippen LogP contribution in [0.2, 0.25) is 0 Å². The number of aliphatic carboxylic acids is 1. The van der Waals surface area contributed by atoms with E-state index in [1.165, 1.54) is 12.1 Å². The predicted molar refractivity (Wildman–Crippen MR) is 134 cm³/mol. The SMILES string of the molecule is Cc1ccnc(NCCCC(=O)NCC(=O)NC(CC(=O)[O-])c2ccc(-c3ccc(F)cc3O)cc2)c1.[Na+]. The number of aromatic nitrogens is 1. The molecule has 194 valence electrons. The minimum absolute atomic E-state index is 0. The minimum Gasteiger partial charge on any atom is -0.550 e. The van der Waals surface area contributed by atoms with Crippen LogP contribution in [0.5, 0.6) is 5.75 Å². The molecule has 0 aliphatic heterocycles. The van der Waals surface area contributed by atoms with Crippen LogP contribution >= 0.6 is 0 Å². The molecule has 0 fully saturated rings. The fourth-order valence-corrected chi connectivity index (χ4v) is 3.67. The summed E-state index contributed by atoms with van der Waals surface area (Å²) in [6, 6.07) is 13.0. The van der Waals surface area contributed by atoms with Crippen molar-refractivity contribution in [3.63, 3.8) is 0 Å².